The number of hydrogen-bond donors (Lipinski definition) is 1. The molecule has 0 bridgehead atoms. The summed E-state index contributed by atoms with van der Waals surface area (Å²) in [5.74, 6) is 1.15. The van der Waals surface area contributed by atoms with Crippen LogP contribution in [0.4, 0.5) is 5.82 Å². The molecule has 1 aliphatic rings. The zero-order valence-electron chi connectivity index (χ0n) is 12.4. The van der Waals surface area contributed by atoms with Crippen LogP contribution in [-0.4, -0.2) is 49.7 Å². The fourth-order valence-corrected chi connectivity index (χ4v) is 2.67. The highest BCUT2D eigenvalue weighted by Crippen LogP contribution is 2.24. The summed E-state index contributed by atoms with van der Waals surface area (Å²) >= 11 is 0. The Labute approximate surface area is 116 Å². The standard InChI is InChI=1S/C15H26N4/c1-4-8-18-9-11-19(12-10-18)15-14(13(2)16-3)6-5-7-17-15/h5-7,13,16H,4,8-12H2,1-3H3. The lowest BCUT2D eigenvalue weighted by Crippen LogP contribution is -2.47. The van der Waals surface area contributed by atoms with Crippen LogP contribution in [0.5, 0.6) is 0 Å². The Kier molecular flexibility index (Phi) is 5.16. The number of rotatable bonds is 5. The molecule has 1 atom stereocenters. The number of nitrogens with zero attached hydrogens (tertiary/aromatic N) is 3. The van der Waals surface area contributed by atoms with Gasteiger partial charge in [0, 0.05) is 44.0 Å². The number of piperazine rings is 1. The average molecular weight is 262 g/mol. The number of anilines is 1. The molecule has 106 valence electrons. The highest BCUT2D eigenvalue weighted by atomic mass is 15.3. The highest BCUT2D eigenvalue weighted by Gasteiger charge is 2.20. The van der Waals surface area contributed by atoms with Gasteiger partial charge in [-0.1, -0.05) is 13.0 Å². The fourth-order valence-electron chi connectivity index (χ4n) is 2.67. The molecule has 19 heavy (non-hydrogen) atoms. The minimum absolute atomic E-state index is 0.345. The number of nitrogens with one attached hydrogen (secondary N) is 1. The molecule has 1 aromatic heterocycles. The van der Waals surface area contributed by atoms with Gasteiger partial charge in [-0.15, -0.1) is 0 Å². The summed E-state index contributed by atoms with van der Waals surface area (Å²) in [6, 6.07) is 4.56. The number of aromatic nitrogens is 1. The maximum absolute atomic E-state index is 4.61. The van der Waals surface area contributed by atoms with Gasteiger partial charge in [-0.05, 0) is 33.0 Å². The van der Waals surface area contributed by atoms with E-state index in [0.29, 0.717) is 6.04 Å². The molecule has 0 spiro atoms. The van der Waals surface area contributed by atoms with Gasteiger partial charge in [0.15, 0.2) is 0 Å². The van der Waals surface area contributed by atoms with Crippen molar-refractivity contribution in [2.24, 2.45) is 0 Å². The van der Waals surface area contributed by atoms with Crippen molar-refractivity contribution < 1.29 is 0 Å². The molecular formula is C15H26N4. The van der Waals surface area contributed by atoms with Crippen molar-refractivity contribution in [3.63, 3.8) is 0 Å². The van der Waals surface area contributed by atoms with Gasteiger partial charge < -0.3 is 10.2 Å². The molecule has 1 saturated heterocycles. The van der Waals surface area contributed by atoms with Gasteiger partial charge >= 0.3 is 0 Å². The second-order valence-electron chi connectivity index (χ2n) is 5.26. The van der Waals surface area contributed by atoms with E-state index in [4.69, 9.17) is 0 Å². The topological polar surface area (TPSA) is 31.4 Å². The van der Waals surface area contributed by atoms with Crippen molar-refractivity contribution in [3.8, 4) is 0 Å². The maximum Gasteiger partial charge on any atom is 0.133 e. The molecule has 2 heterocycles. The van der Waals surface area contributed by atoms with Crippen LogP contribution >= 0.6 is 0 Å². The summed E-state index contributed by atoms with van der Waals surface area (Å²) in [5, 5.41) is 3.31. The SMILES string of the molecule is CCCN1CCN(c2ncccc2C(C)NC)CC1. The summed E-state index contributed by atoms with van der Waals surface area (Å²) < 4.78 is 0. The lowest BCUT2D eigenvalue weighted by atomic mass is 10.1. The van der Waals surface area contributed by atoms with Crippen molar-refractivity contribution in [2.45, 2.75) is 26.3 Å². The Morgan fingerprint density at radius 2 is 2.05 bits per heavy atom. The Bertz CT molecular complexity index is 385. The molecule has 1 aromatic rings. The van der Waals surface area contributed by atoms with E-state index >= 15 is 0 Å². The average Bonchev–Trinajstić information content (AvgIpc) is 2.47. The number of pyridine rings is 1. The first-order chi connectivity index (χ1) is 9.26. The molecule has 4 nitrogen and oxygen atoms in total. The molecule has 0 amide bonds. The van der Waals surface area contributed by atoms with Crippen molar-refractivity contribution in [2.75, 3.05) is 44.7 Å². The molecule has 1 aliphatic heterocycles. The molecule has 1 fully saturated rings. The second kappa shape index (κ2) is 6.87. The van der Waals surface area contributed by atoms with Crippen LogP contribution in [0.1, 0.15) is 31.9 Å². The first-order valence-corrected chi connectivity index (χ1v) is 7.35. The van der Waals surface area contributed by atoms with E-state index in [0.717, 1.165) is 32.0 Å². The van der Waals surface area contributed by atoms with Gasteiger partial charge in [0.25, 0.3) is 0 Å². The Hall–Kier alpha value is -1.13. The minimum atomic E-state index is 0.345. The largest absolute Gasteiger partial charge is 0.354 e. The van der Waals surface area contributed by atoms with E-state index in [1.165, 1.54) is 18.5 Å². The van der Waals surface area contributed by atoms with Crippen LogP contribution in [0.15, 0.2) is 18.3 Å². The fraction of sp³-hybridized carbons (Fsp3) is 0.667. The molecule has 4 heteroatoms. The predicted molar refractivity (Wildman–Crippen MR) is 80.7 cm³/mol. The zero-order valence-corrected chi connectivity index (χ0v) is 12.4. The van der Waals surface area contributed by atoms with Crippen LogP contribution in [0.3, 0.4) is 0 Å². The van der Waals surface area contributed by atoms with Gasteiger partial charge in [-0.2, -0.15) is 0 Å². The third-order valence-electron chi connectivity index (χ3n) is 3.93. The van der Waals surface area contributed by atoms with Gasteiger partial charge in [-0.3, -0.25) is 4.90 Å². The van der Waals surface area contributed by atoms with E-state index in [2.05, 4.69) is 40.0 Å². The molecule has 1 N–H and O–H groups in total. The van der Waals surface area contributed by atoms with Crippen molar-refractivity contribution in [1.82, 2.24) is 15.2 Å². The lowest BCUT2D eigenvalue weighted by Gasteiger charge is -2.36. The summed E-state index contributed by atoms with van der Waals surface area (Å²) in [6.07, 6.45) is 3.14. The van der Waals surface area contributed by atoms with E-state index in [1.54, 1.807) is 0 Å². The summed E-state index contributed by atoms with van der Waals surface area (Å²) in [7, 11) is 2.00. The van der Waals surface area contributed by atoms with Gasteiger partial charge in [-0.25, -0.2) is 4.98 Å². The van der Waals surface area contributed by atoms with Crippen LogP contribution in [0, 0.1) is 0 Å². The lowest BCUT2D eigenvalue weighted by molar-refractivity contribution is 0.257. The quantitative estimate of drug-likeness (QED) is 0.878. The molecular weight excluding hydrogens is 236 g/mol. The zero-order chi connectivity index (χ0) is 13.7. The van der Waals surface area contributed by atoms with E-state index in [-0.39, 0.29) is 0 Å². The van der Waals surface area contributed by atoms with Crippen molar-refractivity contribution in [3.05, 3.63) is 23.9 Å². The highest BCUT2D eigenvalue weighted by molar-refractivity contribution is 5.48. The third-order valence-corrected chi connectivity index (χ3v) is 3.93. The molecule has 0 saturated carbocycles. The van der Waals surface area contributed by atoms with Crippen molar-refractivity contribution in [1.29, 1.82) is 0 Å². The van der Waals surface area contributed by atoms with Crippen molar-refractivity contribution >= 4 is 5.82 Å². The van der Waals surface area contributed by atoms with Crippen LogP contribution in [-0.2, 0) is 0 Å². The molecule has 0 aromatic carbocycles. The predicted octanol–water partition coefficient (Wildman–Crippen LogP) is 1.89. The monoisotopic (exact) mass is 262 g/mol. The van der Waals surface area contributed by atoms with E-state index in [9.17, 15) is 0 Å². The summed E-state index contributed by atoms with van der Waals surface area (Å²) in [6.45, 7) is 10.1. The molecule has 2 rings (SSSR count). The summed E-state index contributed by atoms with van der Waals surface area (Å²) in [4.78, 5) is 9.58. The Balaban J connectivity index is 2.07. The molecule has 1 unspecified atom stereocenters. The smallest absolute Gasteiger partial charge is 0.133 e. The maximum atomic E-state index is 4.61. The van der Waals surface area contributed by atoms with Crippen LogP contribution in [0.25, 0.3) is 0 Å². The van der Waals surface area contributed by atoms with Crippen LogP contribution in [0.2, 0.25) is 0 Å². The minimum Gasteiger partial charge on any atom is -0.354 e. The molecule has 0 aliphatic carbocycles. The Morgan fingerprint density at radius 3 is 2.68 bits per heavy atom. The van der Waals surface area contributed by atoms with Gasteiger partial charge in [0.2, 0.25) is 0 Å². The van der Waals surface area contributed by atoms with Gasteiger partial charge in [0.1, 0.15) is 5.82 Å². The van der Waals surface area contributed by atoms with Crippen LogP contribution < -0.4 is 10.2 Å². The molecule has 0 radical (unpaired) electrons. The first-order valence-electron chi connectivity index (χ1n) is 7.35. The first kappa shape index (κ1) is 14.3. The third kappa shape index (κ3) is 3.45. The van der Waals surface area contributed by atoms with E-state index < -0.39 is 0 Å². The summed E-state index contributed by atoms with van der Waals surface area (Å²) in [5.41, 5.74) is 1.30. The second-order valence-corrected chi connectivity index (χ2v) is 5.26. The normalized spacial score (nSPS) is 18.6. The van der Waals surface area contributed by atoms with Gasteiger partial charge in [0.05, 0.1) is 0 Å². The van der Waals surface area contributed by atoms with E-state index in [1.807, 2.05) is 19.3 Å². The Morgan fingerprint density at radius 1 is 1.32 bits per heavy atom. The number of hydrogen-bond acceptors (Lipinski definition) is 4.